The van der Waals surface area contributed by atoms with Gasteiger partial charge in [0.05, 0.1) is 6.04 Å². The van der Waals surface area contributed by atoms with Gasteiger partial charge in [0.2, 0.25) is 0 Å². The van der Waals surface area contributed by atoms with E-state index in [-0.39, 0.29) is 23.8 Å². The number of hydrogen-bond acceptors (Lipinski definition) is 3. The predicted molar refractivity (Wildman–Crippen MR) is 97.5 cm³/mol. The van der Waals surface area contributed by atoms with Crippen LogP contribution < -0.4 is 5.32 Å². The van der Waals surface area contributed by atoms with Crippen molar-refractivity contribution >= 4 is 5.91 Å². The van der Waals surface area contributed by atoms with Crippen LogP contribution in [-0.2, 0) is 6.42 Å². The number of nitrogens with one attached hydrogen (secondary N) is 1. The molecule has 26 heavy (non-hydrogen) atoms. The third kappa shape index (κ3) is 3.26. The topological polar surface area (TPSA) is 50.2 Å². The second-order valence-corrected chi connectivity index (χ2v) is 7.30. The van der Waals surface area contributed by atoms with Crippen molar-refractivity contribution in [2.24, 2.45) is 0 Å². The number of rotatable bonds is 3. The molecule has 0 radical (unpaired) electrons. The minimum atomic E-state index is -0.159. The first-order valence-corrected chi connectivity index (χ1v) is 9.45. The second-order valence-electron chi connectivity index (χ2n) is 7.30. The first-order chi connectivity index (χ1) is 12.7. The third-order valence-electron chi connectivity index (χ3n) is 5.70. The molecule has 0 spiro atoms. The first kappa shape index (κ1) is 17.2. The van der Waals surface area contributed by atoms with E-state index in [1.165, 1.54) is 5.56 Å². The van der Waals surface area contributed by atoms with Gasteiger partial charge in [-0.2, -0.15) is 5.10 Å². The fourth-order valence-electron chi connectivity index (χ4n) is 4.40. The molecule has 2 aliphatic rings. The van der Waals surface area contributed by atoms with Crippen molar-refractivity contribution in [3.8, 4) is 0 Å². The molecule has 138 valence electrons. The van der Waals surface area contributed by atoms with E-state index in [4.69, 9.17) is 0 Å². The van der Waals surface area contributed by atoms with Gasteiger partial charge < -0.3 is 5.32 Å². The summed E-state index contributed by atoms with van der Waals surface area (Å²) in [6.45, 7) is 1.91. The summed E-state index contributed by atoms with van der Waals surface area (Å²) < 4.78 is 15.7. The lowest BCUT2D eigenvalue weighted by Gasteiger charge is -2.41. The number of fused-ring (bicyclic) bond motifs is 1. The van der Waals surface area contributed by atoms with Crippen molar-refractivity contribution in [2.45, 2.75) is 44.2 Å². The molecule has 1 aliphatic carbocycles. The summed E-state index contributed by atoms with van der Waals surface area (Å²) >= 11 is 0. The van der Waals surface area contributed by atoms with Crippen molar-refractivity contribution in [3.63, 3.8) is 0 Å². The van der Waals surface area contributed by atoms with Crippen LogP contribution in [0.1, 0.15) is 59.4 Å². The van der Waals surface area contributed by atoms with E-state index >= 15 is 0 Å². The standard InChI is InChI=1S/C20H25FN4O/c1-22-20(26)18-9-11-25(23-18)16-5-3-10-24(13-16)19-6-2-4-14-7-8-15(21)12-17(14)19/h7-9,11-12,16,19H,2-6,10,13H2,1H3,(H,22,26)/t16-,19-/m0/s1. The Morgan fingerprint density at radius 1 is 1.27 bits per heavy atom. The van der Waals surface area contributed by atoms with Crippen molar-refractivity contribution in [3.05, 3.63) is 53.1 Å². The monoisotopic (exact) mass is 356 g/mol. The minimum absolute atomic E-state index is 0.147. The highest BCUT2D eigenvalue weighted by Gasteiger charge is 2.31. The van der Waals surface area contributed by atoms with Crippen LogP contribution in [0.3, 0.4) is 0 Å². The van der Waals surface area contributed by atoms with E-state index in [1.54, 1.807) is 25.2 Å². The Kier molecular flexibility index (Phi) is 4.76. The van der Waals surface area contributed by atoms with Gasteiger partial charge in [-0.3, -0.25) is 14.4 Å². The second kappa shape index (κ2) is 7.19. The number of carbonyl (C=O) groups excluding carboxylic acids is 1. The molecule has 4 rings (SSSR count). The largest absolute Gasteiger partial charge is 0.354 e. The average molecular weight is 356 g/mol. The first-order valence-electron chi connectivity index (χ1n) is 9.45. The molecular formula is C20H25FN4O. The quantitative estimate of drug-likeness (QED) is 0.919. The van der Waals surface area contributed by atoms with Crippen LogP contribution >= 0.6 is 0 Å². The molecule has 1 N–H and O–H groups in total. The number of carbonyl (C=O) groups is 1. The average Bonchev–Trinajstić information content (AvgIpc) is 3.17. The molecule has 1 aliphatic heterocycles. The van der Waals surface area contributed by atoms with E-state index in [2.05, 4.69) is 15.3 Å². The molecule has 2 heterocycles. The number of nitrogens with zero attached hydrogens (tertiary/aromatic N) is 3. The van der Waals surface area contributed by atoms with Gasteiger partial charge in [-0.15, -0.1) is 0 Å². The Morgan fingerprint density at radius 2 is 2.15 bits per heavy atom. The molecule has 5 nitrogen and oxygen atoms in total. The van der Waals surface area contributed by atoms with Gasteiger partial charge in [-0.25, -0.2) is 4.39 Å². The van der Waals surface area contributed by atoms with Gasteiger partial charge in [0.15, 0.2) is 0 Å². The molecule has 1 aromatic heterocycles. The summed E-state index contributed by atoms with van der Waals surface area (Å²) in [5.41, 5.74) is 2.89. The van der Waals surface area contributed by atoms with E-state index in [0.717, 1.165) is 50.8 Å². The summed E-state index contributed by atoms with van der Waals surface area (Å²) in [6, 6.07) is 7.54. The number of piperidine rings is 1. The van der Waals surface area contributed by atoms with Crippen molar-refractivity contribution in [1.82, 2.24) is 20.0 Å². The van der Waals surface area contributed by atoms with Gasteiger partial charge >= 0.3 is 0 Å². The van der Waals surface area contributed by atoms with E-state index in [0.29, 0.717) is 5.69 Å². The van der Waals surface area contributed by atoms with Crippen LogP contribution in [0.25, 0.3) is 0 Å². The van der Waals surface area contributed by atoms with Crippen LogP contribution in [0, 0.1) is 5.82 Å². The summed E-state index contributed by atoms with van der Waals surface area (Å²) in [5, 5.41) is 7.07. The Bertz CT molecular complexity index is 803. The lowest BCUT2D eigenvalue weighted by molar-refractivity contribution is 0.0951. The molecule has 1 aromatic carbocycles. The zero-order valence-corrected chi connectivity index (χ0v) is 15.1. The summed E-state index contributed by atoms with van der Waals surface area (Å²) in [6.07, 6.45) is 7.29. The Hall–Kier alpha value is -2.21. The number of likely N-dealkylation sites (tertiary alicyclic amines) is 1. The van der Waals surface area contributed by atoms with Crippen molar-refractivity contribution in [1.29, 1.82) is 0 Å². The molecule has 0 bridgehead atoms. The van der Waals surface area contributed by atoms with Gasteiger partial charge in [0.25, 0.3) is 5.91 Å². The van der Waals surface area contributed by atoms with Gasteiger partial charge in [0, 0.05) is 25.8 Å². The molecule has 0 unspecified atom stereocenters. The highest BCUT2D eigenvalue weighted by molar-refractivity contribution is 5.91. The molecule has 2 aromatic rings. The summed E-state index contributed by atoms with van der Waals surface area (Å²) in [7, 11) is 1.61. The van der Waals surface area contributed by atoms with Gasteiger partial charge in [-0.05, 0) is 68.0 Å². The molecule has 0 saturated carbocycles. The Balaban J connectivity index is 1.54. The maximum absolute atomic E-state index is 13.8. The van der Waals surface area contributed by atoms with E-state index < -0.39 is 0 Å². The number of aryl methyl sites for hydroxylation is 1. The van der Waals surface area contributed by atoms with Crippen LogP contribution in [0.15, 0.2) is 30.5 Å². The minimum Gasteiger partial charge on any atom is -0.354 e. The highest BCUT2D eigenvalue weighted by atomic mass is 19.1. The lowest BCUT2D eigenvalue weighted by atomic mass is 9.85. The smallest absolute Gasteiger partial charge is 0.271 e. The molecule has 1 fully saturated rings. The zero-order chi connectivity index (χ0) is 18.1. The number of halogens is 1. The highest BCUT2D eigenvalue weighted by Crippen LogP contribution is 2.37. The molecule has 1 amide bonds. The summed E-state index contributed by atoms with van der Waals surface area (Å²) in [5.74, 6) is -0.306. The van der Waals surface area contributed by atoms with E-state index in [9.17, 15) is 9.18 Å². The van der Waals surface area contributed by atoms with Crippen LogP contribution in [0.2, 0.25) is 0 Å². The number of hydrogen-bond donors (Lipinski definition) is 1. The van der Waals surface area contributed by atoms with Crippen LogP contribution in [-0.4, -0.2) is 40.7 Å². The maximum atomic E-state index is 13.8. The fraction of sp³-hybridized carbons (Fsp3) is 0.500. The predicted octanol–water partition coefficient (Wildman–Crippen LogP) is 3.10. The number of aromatic nitrogens is 2. The zero-order valence-electron chi connectivity index (χ0n) is 15.1. The number of amides is 1. The lowest BCUT2D eigenvalue weighted by Crippen LogP contribution is -2.40. The SMILES string of the molecule is CNC(=O)c1ccn([C@H]2CCCN([C@H]3CCCc4ccc(F)cc43)C2)n1. The third-order valence-corrected chi connectivity index (χ3v) is 5.70. The van der Waals surface area contributed by atoms with Crippen LogP contribution in [0.4, 0.5) is 4.39 Å². The van der Waals surface area contributed by atoms with Gasteiger partial charge in [-0.1, -0.05) is 6.07 Å². The molecular weight excluding hydrogens is 331 g/mol. The normalized spacial score (nSPS) is 23.5. The van der Waals surface area contributed by atoms with Crippen molar-refractivity contribution < 1.29 is 9.18 Å². The van der Waals surface area contributed by atoms with Crippen LogP contribution in [0.5, 0.6) is 0 Å². The van der Waals surface area contributed by atoms with Crippen molar-refractivity contribution in [2.75, 3.05) is 20.1 Å². The Morgan fingerprint density at radius 3 is 3.00 bits per heavy atom. The molecule has 6 heteroatoms. The molecule has 2 atom stereocenters. The van der Waals surface area contributed by atoms with Gasteiger partial charge in [0.1, 0.15) is 11.5 Å². The molecule has 1 saturated heterocycles. The fourth-order valence-corrected chi connectivity index (χ4v) is 4.40. The summed E-state index contributed by atoms with van der Waals surface area (Å²) in [4.78, 5) is 14.2. The number of benzene rings is 1. The maximum Gasteiger partial charge on any atom is 0.271 e. The van der Waals surface area contributed by atoms with E-state index in [1.807, 2.05) is 16.9 Å². The Labute approximate surface area is 153 Å².